The van der Waals surface area contributed by atoms with Crippen LogP contribution in [-0.2, 0) is 6.54 Å². The van der Waals surface area contributed by atoms with Gasteiger partial charge in [-0.1, -0.05) is 5.11 Å². The third kappa shape index (κ3) is 3.91. The molecule has 0 unspecified atom stereocenters. The molecule has 0 amide bonds. The SMILES string of the molecule is CCn1cc(C(=O)O)c(=O)c2cc(F)c(N[C@H]3CC[C@H](CN=[N+]=[N-])CC3)nc21. The molecule has 3 rings (SSSR count). The van der Waals surface area contributed by atoms with Crippen LogP contribution in [0.5, 0.6) is 0 Å². The number of azide groups is 1. The van der Waals surface area contributed by atoms with Crippen LogP contribution in [0.4, 0.5) is 10.2 Å². The van der Waals surface area contributed by atoms with Crippen LogP contribution in [0.2, 0.25) is 0 Å². The fourth-order valence-corrected chi connectivity index (χ4v) is 3.62. The molecule has 1 saturated carbocycles. The lowest BCUT2D eigenvalue weighted by molar-refractivity contribution is 0.0695. The van der Waals surface area contributed by atoms with E-state index < -0.39 is 22.8 Å². The Labute approximate surface area is 159 Å². The van der Waals surface area contributed by atoms with Gasteiger partial charge in [0, 0.05) is 30.2 Å². The molecule has 10 heteroatoms. The van der Waals surface area contributed by atoms with Crippen LogP contribution in [0.25, 0.3) is 21.5 Å². The smallest absolute Gasteiger partial charge is 0.341 e. The van der Waals surface area contributed by atoms with E-state index in [9.17, 15) is 19.1 Å². The molecule has 0 atom stereocenters. The van der Waals surface area contributed by atoms with Crippen molar-refractivity contribution in [3.8, 4) is 0 Å². The molecule has 0 radical (unpaired) electrons. The van der Waals surface area contributed by atoms with Crippen molar-refractivity contribution in [2.45, 2.75) is 45.2 Å². The van der Waals surface area contributed by atoms with Gasteiger partial charge in [-0.15, -0.1) is 0 Å². The van der Waals surface area contributed by atoms with E-state index in [1.165, 1.54) is 10.8 Å². The summed E-state index contributed by atoms with van der Waals surface area (Å²) in [4.78, 5) is 30.7. The minimum absolute atomic E-state index is 0.0295. The Morgan fingerprint density at radius 1 is 1.46 bits per heavy atom. The number of nitrogens with zero attached hydrogens (tertiary/aromatic N) is 5. The first-order valence-electron chi connectivity index (χ1n) is 9.19. The summed E-state index contributed by atoms with van der Waals surface area (Å²) in [6.45, 7) is 2.65. The molecule has 148 valence electrons. The topological polar surface area (TPSA) is 133 Å². The van der Waals surface area contributed by atoms with Crippen molar-refractivity contribution in [1.82, 2.24) is 9.55 Å². The van der Waals surface area contributed by atoms with Gasteiger partial charge in [0.25, 0.3) is 0 Å². The molecule has 1 fully saturated rings. The first-order chi connectivity index (χ1) is 13.4. The van der Waals surface area contributed by atoms with Crippen molar-refractivity contribution >= 4 is 22.8 Å². The third-order valence-corrected chi connectivity index (χ3v) is 5.16. The van der Waals surface area contributed by atoms with E-state index in [2.05, 4.69) is 20.3 Å². The highest BCUT2D eigenvalue weighted by molar-refractivity contribution is 5.92. The van der Waals surface area contributed by atoms with Gasteiger partial charge in [-0.3, -0.25) is 4.79 Å². The van der Waals surface area contributed by atoms with Crippen molar-refractivity contribution in [2.24, 2.45) is 11.0 Å². The largest absolute Gasteiger partial charge is 0.477 e. The average molecular weight is 388 g/mol. The normalized spacial score (nSPS) is 19.2. The highest BCUT2D eigenvalue weighted by atomic mass is 19.1. The molecule has 0 bridgehead atoms. The highest BCUT2D eigenvalue weighted by Gasteiger charge is 2.23. The molecule has 0 aliphatic heterocycles. The predicted molar refractivity (Wildman–Crippen MR) is 102 cm³/mol. The van der Waals surface area contributed by atoms with Gasteiger partial charge < -0.3 is 15.0 Å². The number of hydrogen-bond acceptors (Lipinski definition) is 5. The zero-order valence-corrected chi connectivity index (χ0v) is 15.4. The number of aromatic nitrogens is 2. The van der Waals surface area contributed by atoms with Crippen molar-refractivity contribution in [3.05, 3.63) is 44.3 Å². The number of fused-ring (bicyclic) bond motifs is 1. The number of nitrogens with one attached hydrogen (secondary N) is 1. The summed E-state index contributed by atoms with van der Waals surface area (Å²) in [5.41, 5.74) is 7.50. The number of pyridine rings is 2. The summed E-state index contributed by atoms with van der Waals surface area (Å²) in [5.74, 6) is -1.65. The molecule has 9 nitrogen and oxygen atoms in total. The molecule has 0 saturated heterocycles. The number of carboxylic acid groups (broad SMARTS) is 1. The standard InChI is InChI=1S/C18H21FN6O3/c1-2-25-9-13(18(27)28)15(26)12-7-14(19)16(23-17(12)25)22-11-5-3-10(4-6-11)8-21-24-20/h7,9-11H,2-6,8H2,1H3,(H,22,23)(H,27,28)/t10-,11-. The number of carboxylic acids is 1. The number of aryl methyl sites for hydroxylation is 1. The Balaban J connectivity index is 1.88. The van der Waals surface area contributed by atoms with Crippen molar-refractivity contribution in [1.29, 1.82) is 0 Å². The number of hydrogen-bond donors (Lipinski definition) is 2. The van der Waals surface area contributed by atoms with Gasteiger partial charge in [0.2, 0.25) is 5.43 Å². The Bertz CT molecular complexity index is 1010. The zero-order valence-electron chi connectivity index (χ0n) is 15.4. The Morgan fingerprint density at radius 2 is 2.18 bits per heavy atom. The Hall–Kier alpha value is -3.13. The molecule has 2 aromatic heterocycles. The molecule has 2 heterocycles. The highest BCUT2D eigenvalue weighted by Crippen LogP contribution is 2.28. The monoisotopic (exact) mass is 388 g/mol. The number of halogens is 1. The van der Waals surface area contributed by atoms with Crippen molar-refractivity contribution in [3.63, 3.8) is 0 Å². The summed E-state index contributed by atoms with van der Waals surface area (Å²) in [5, 5.41) is 15.9. The lowest BCUT2D eigenvalue weighted by Crippen LogP contribution is -2.28. The molecular formula is C18H21FN6O3. The van der Waals surface area contributed by atoms with E-state index in [4.69, 9.17) is 5.53 Å². The second kappa shape index (κ2) is 8.26. The number of aromatic carboxylic acids is 1. The molecule has 0 spiro atoms. The summed E-state index contributed by atoms with van der Waals surface area (Å²) in [6.07, 6.45) is 4.57. The summed E-state index contributed by atoms with van der Waals surface area (Å²) < 4.78 is 16.1. The first kappa shape index (κ1) is 19.6. The van der Waals surface area contributed by atoms with Crippen molar-refractivity contribution < 1.29 is 14.3 Å². The van der Waals surface area contributed by atoms with Gasteiger partial charge in [0.1, 0.15) is 11.2 Å². The minimum Gasteiger partial charge on any atom is -0.477 e. The Morgan fingerprint density at radius 3 is 2.79 bits per heavy atom. The van der Waals surface area contributed by atoms with Crippen LogP contribution < -0.4 is 10.7 Å². The van der Waals surface area contributed by atoms with Gasteiger partial charge >= 0.3 is 5.97 Å². The maximum Gasteiger partial charge on any atom is 0.341 e. The molecule has 1 aliphatic rings. The lowest BCUT2D eigenvalue weighted by atomic mass is 9.86. The van der Waals surface area contributed by atoms with E-state index in [1.807, 2.05) is 0 Å². The molecule has 2 N–H and O–H groups in total. The van der Waals surface area contributed by atoms with Crippen LogP contribution in [0.3, 0.4) is 0 Å². The maximum atomic E-state index is 14.6. The van der Waals surface area contributed by atoms with Crippen molar-refractivity contribution in [2.75, 3.05) is 11.9 Å². The lowest BCUT2D eigenvalue weighted by Gasteiger charge is -2.28. The number of carbonyl (C=O) groups is 1. The molecule has 0 aromatic carbocycles. The maximum absolute atomic E-state index is 14.6. The first-order valence-corrected chi connectivity index (χ1v) is 9.19. The molecule has 28 heavy (non-hydrogen) atoms. The van der Waals surface area contributed by atoms with Gasteiger partial charge in [-0.05, 0) is 50.1 Å². The number of rotatable bonds is 6. The van der Waals surface area contributed by atoms with Crippen LogP contribution >= 0.6 is 0 Å². The van der Waals surface area contributed by atoms with Gasteiger partial charge in [-0.25, -0.2) is 14.2 Å². The summed E-state index contributed by atoms with van der Waals surface area (Å²) in [7, 11) is 0. The molecular weight excluding hydrogens is 367 g/mol. The summed E-state index contributed by atoms with van der Waals surface area (Å²) in [6, 6.07) is 1.08. The quantitative estimate of drug-likeness (QED) is 0.444. The van der Waals surface area contributed by atoms with E-state index in [-0.39, 0.29) is 22.9 Å². The third-order valence-electron chi connectivity index (χ3n) is 5.16. The fourth-order valence-electron chi connectivity index (χ4n) is 3.62. The summed E-state index contributed by atoms with van der Waals surface area (Å²) >= 11 is 0. The molecule has 2 aromatic rings. The van der Waals surface area contributed by atoms with Crippen LogP contribution in [0.15, 0.2) is 22.2 Å². The van der Waals surface area contributed by atoms with E-state index in [0.29, 0.717) is 19.0 Å². The van der Waals surface area contributed by atoms with Gasteiger partial charge in [0.15, 0.2) is 11.6 Å². The van der Waals surface area contributed by atoms with E-state index in [0.717, 1.165) is 31.7 Å². The van der Waals surface area contributed by atoms with Crippen LogP contribution in [0, 0.1) is 11.7 Å². The minimum atomic E-state index is -1.35. The van der Waals surface area contributed by atoms with E-state index >= 15 is 0 Å². The van der Waals surface area contributed by atoms with Gasteiger partial charge in [-0.2, -0.15) is 0 Å². The van der Waals surface area contributed by atoms with E-state index in [1.54, 1.807) is 6.92 Å². The zero-order chi connectivity index (χ0) is 20.3. The second-order valence-corrected chi connectivity index (χ2v) is 6.93. The number of anilines is 1. The molecule has 1 aliphatic carbocycles. The van der Waals surface area contributed by atoms with Crippen LogP contribution in [-0.4, -0.2) is 33.2 Å². The second-order valence-electron chi connectivity index (χ2n) is 6.93. The van der Waals surface area contributed by atoms with Gasteiger partial charge in [0.05, 0.1) is 5.39 Å². The van der Waals surface area contributed by atoms with Crippen LogP contribution in [0.1, 0.15) is 43.0 Å². The fraction of sp³-hybridized carbons (Fsp3) is 0.500. The average Bonchev–Trinajstić information content (AvgIpc) is 2.68. The Kier molecular flexibility index (Phi) is 5.79. The predicted octanol–water partition coefficient (Wildman–Crippen LogP) is 3.53.